The van der Waals surface area contributed by atoms with Gasteiger partial charge in [0.2, 0.25) is 10.0 Å². The summed E-state index contributed by atoms with van der Waals surface area (Å²) in [5.41, 5.74) is 6.16. The van der Waals surface area contributed by atoms with Crippen molar-refractivity contribution in [3.63, 3.8) is 0 Å². The van der Waals surface area contributed by atoms with E-state index in [0.717, 1.165) is 0 Å². The lowest BCUT2D eigenvalue weighted by molar-refractivity contribution is 0.0126. The van der Waals surface area contributed by atoms with Gasteiger partial charge in [-0.05, 0) is 37.5 Å². The Morgan fingerprint density at radius 2 is 2.00 bits per heavy atom. The van der Waals surface area contributed by atoms with Crippen LogP contribution in [0.2, 0.25) is 0 Å². The van der Waals surface area contributed by atoms with E-state index in [1.165, 1.54) is 4.31 Å². The summed E-state index contributed by atoms with van der Waals surface area (Å²) in [7, 11) is -3.34. The number of sulfonamides is 1. The summed E-state index contributed by atoms with van der Waals surface area (Å²) in [5, 5.41) is 9.85. The van der Waals surface area contributed by atoms with Crippen LogP contribution in [-0.2, 0) is 15.8 Å². The average Bonchev–Trinajstić information content (AvgIpc) is 2.27. The molecule has 1 aliphatic heterocycles. The number of nitrogens with zero attached hydrogens (tertiary/aromatic N) is 1. The van der Waals surface area contributed by atoms with Crippen LogP contribution in [0.25, 0.3) is 0 Å². The van der Waals surface area contributed by atoms with Crippen LogP contribution in [0.4, 0.5) is 5.69 Å². The summed E-state index contributed by atoms with van der Waals surface area (Å²) in [6.07, 6.45) is 0.951. The molecule has 1 fully saturated rings. The van der Waals surface area contributed by atoms with Crippen molar-refractivity contribution in [1.29, 1.82) is 0 Å². The molecule has 19 heavy (non-hydrogen) atoms. The van der Waals surface area contributed by atoms with Crippen molar-refractivity contribution in [3.8, 4) is 0 Å². The van der Waals surface area contributed by atoms with Crippen molar-refractivity contribution in [3.05, 3.63) is 29.8 Å². The third kappa shape index (κ3) is 3.68. The quantitative estimate of drug-likeness (QED) is 0.809. The summed E-state index contributed by atoms with van der Waals surface area (Å²) in [4.78, 5) is 0. The molecule has 1 aromatic carbocycles. The first-order valence-electron chi connectivity index (χ1n) is 6.33. The third-order valence-electron chi connectivity index (χ3n) is 3.49. The Bertz CT molecular complexity index is 545. The number of hydrogen-bond acceptors (Lipinski definition) is 4. The Balaban J connectivity index is 2.07. The highest BCUT2D eigenvalue weighted by atomic mass is 32.2. The van der Waals surface area contributed by atoms with E-state index in [1.54, 1.807) is 31.2 Å². The Labute approximate surface area is 114 Å². The first kappa shape index (κ1) is 14.3. The average molecular weight is 284 g/mol. The molecule has 0 atom stereocenters. The maximum atomic E-state index is 12.3. The van der Waals surface area contributed by atoms with Gasteiger partial charge in [0.15, 0.2) is 0 Å². The fraction of sp³-hybridized carbons (Fsp3) is 0.538. The molecule has 0 unspecified atom stereocenters. The topological polar surface area (TPSA) is 83.6 Å². The number of rotatable bonds is 3. The summed E-state index contributed by atoms with van der Waals surface area (Å²) >= 11 is 0. The number of aliphatic hydroxyl groups is 1. The molecule has 0 aliphatic carbocycles. The van der Waals surface area contributed by atoms with E-state index in [2.05, 4.69) is 0 Å². The largest absolute Gasteiger partial charge is 0.399 e. The Morgan fingerprint density at radius 1 is 1.37 bits per heavy atom. The van der Waals surface area contributed by atoms with E-state index in [4.69, 9.17) is 5.73 Å². The Kier molecular flexibility index (Phi) is 3.85. The fourth-order valence-electron chi connectivity index (χ4n) is 2.23. The van der Waals surface area contributed by atoms with Crippen molar-refractivity contribution in [1.82, 2.24) is 4.31 Å². The van der Waals surface area contributed by atoms with E-state index in [-0.39, 0.29) is 5.75 Å². The Morgan fingerprint density at radius 3 is 2.58 bits per heavy atom. The molecular weight excluding hydrogens is 264 g/mol. The highest BCUT2D eigenvalue weighted by Gasteiger charge is 2.33. The number of piperidine rings is 1. The molecule has 0 spiro atoms. The molecule has 0 aromatic heterocycles. The summed E-state index contributed by atoms with van der Waals surface area (Å²) < 4.78 is 26.0. The molecule has 3 N–H and O–H groups in total. The molecule has 5 nitrogen and oxygen atoms in total. The van der Waals surface area contributed by atoms with Crippen LogP contribution < -0.4 is 5.73 Å². The van der Waals surface area contributed by atoms with Gasteiger partial charge in [0, 0.05) is 18.8 Å². The van der Waals surface area contributed by atoms with Gasteiger partial charge >= 0.3 is 0 Å². The third-order valence-corrected chi connectivity index (χ3v) is 5.34. The predicted molar refractivity (Wildman–Crippen MR) is 74.9 cm³/mol. The molecule has 2 rings (SSSR count). The number of anilines is 1. The van der Waals surface area contributed by atoms with Crippen LogP contribution >= 0.6 is 0 Å². The van der Waals surface area contributed by atoms with Crippen molar-refractivity contribution in [2.24, 2.45) is 0 Å². The van der Waals surface area contributed by atoms with E-state index in [0.29, 0.717) is 37.2 Å². The first-order chi connectivity index (χ1) is 8.78. The van der Waals surface area contributed by atoms with E-state index in [9.17, 15) is 13.5 Å². The molecule has 106 valence electrons. The summed E-state index contributed by atoms with van der Waals surface area (Å²) in [6, 6.07) is 6.92. The van der Waals surface area contributed by atoms with E-state index in [1.807, 2.05) is 0 Å². The highest BCUT2D eigenvalue weighted by molar-refractivity contribution is 7.88. The number of hydrogen-bond donors (Lipinski definition) is 2. The Hall–Kier alpha value is -1.11. The zero-order chi connectivity index (χ0) is 14.1. The van der Waals surface area contributed by atoms with Gasteiger partial charge < -0.3 is 10.8 Å². The maximum Gasteiger partial charge on any atom is 0.218 e. The van der Waals surface area contributed by atoms with Gasteiger partial charge in [-0.2, -0.15) is 0 Å². The second-order valence-electron chi connectivity index (χ2n) is 5.40. The molecule has 1 saturated heterocycles. The lowest BCUT2D eigenvalue weighted by Crippen LogP contribution is -2.45. The van der Waals surface area contributed by atoms with E-state index >= 15 is 0 Å². The van der Waals surface area contributed by atoms with Gasteiger partial charge in [-0.15, -0.1) is 0 Å². The minimum absolute atomic E-state index is 0.0415. The van der Waals surface area contributed by atoms with Crippen molar-refractivity contribution >= 4 is 15.7 Å². The molecule has 6 heteroatoms. The smallest absolute Gasteiger partial charge is 0.218 e. The lowest BCUT2D eigenvalue weighted by Gasteiger charge is -2.35. The second kappa shape index (κ2) is 5.11. The summed E-state index contributed by atoms with van der Waals surface area (Å²) in [5.74, 6) is -0.0415. The zero-order valence-electron chi connectivity index (χ0n) is 11.0. The monoisotopic (exact) mass is 284 g/mol. The fourth-order valence-corrected chi connectivity index (χ4v) is 3.75. The number of nitrogens with two attached hydrogens (primary N) is 1. The van der Waals surface area contributed by atoms with Crippen LogP contribution in [0.15, 0.2) is 24.3 Å². The normalized spacial score (nSPS) is 20.3. The van der Waals surface area contributed by atoms with Crippen LogP contribution in [0, 0.1) is 0 Å². The van der Waals surface area contributed by atoms with Gasteiger partial charge in [-0.1, -0.05) is 12.1 Å². The number of benzene rings is 1. The van der Waals surface area contributed by atoms with Crippen LogP contribution in [-0.4, -0.2) is 36.5 Å². The van der Waals surface area contributed by atoms with Crippen molar-refractivity contribution in [2.45, 2.75) is 31.1 Å². The highest BCUT2D eigenvalue weighted by Crippen LogP contribution is 2.24. The van der Waals surface area contributed by atoms with E-state index < -0.39 is 15.6 Å². The second-order valence-corrected chi connectivity index (χ2v) is 7.37. The maximum absolute atomic E-state index is 12.3. The number of nitrogen functional groups attached to an aromatic ring is 1. The van der Waals surface area contributed by atoms with Crippen LogP contribution in [0.3, 0.4) is 0 Å². The van der Waals surface area contributed by atoms with Gasteiger partial charge in [0.25, 0.3) is 0 Å². The standard InChI is InChI=1S/C13H20N2O3S/c1-13(16)5-7-15(8-6-13)19(17,18)10-11-3-2-4-12(14)9-11/h2-4,9,16H,5-8,10,14H2,1H3. The van der Waals surface area contributed by atoms with Crippen molar-refractivity contribution in [2.75, 3.05) is 18.8 Å². The van der Waals surface area contributed by atoms with Crippen LogP contribution in [0.5, 0.6) is 0 Å². The van der Waals surface area contributed by atoms with Gasteiger partial charge in [0.05, 0.1) is 11.4 Å². The molecule has 1 heterocycles. The van der Waals surface area contributed by atoms with Crippen molar-refractivity contribution < 1.29 is 13.5 Å². The SMILES string of the molecule is CC1(O)CCN(S(=O)(=O)Cc2cccc(N)c2)CC1. The lowest BCUT2D eigenvalue weighted by atomic mass is 9.95. The molecule has 1 aliphatic rings. The molecule has 0 saturated carbocycles. The minimum Gasteiger partial charge on any atom is -0.399 e. The summed E-state index contributed by atoms with van der Waals surface area (Å²) in [6.45, 7) is 2.49. The predicted octanol–water partition coefficient (Wildman–Crippen LogP) is 0.945. The first-order valence-corrected chi connectivity index (χ1v) is 7.94. The molecule has 0 amide bonds. The van der Waals surface area contributed by atoms with Gasteiger partial charge in [-0.3, -0.25) is 0 Å². The molecule has 0 bridgehead atoms. The van der Waals surface area contributed by atoms with Gasteiger partial charge in [-0.25, -0.2) is 12.7 Å². The zero-order valence-corrected chi connectivity index (χ0v) is 11.9. The molecule has 0 radical (unpaired) electrons. The van der Waals surface area contributed by atoms with Crippen LogP contribution in [0.1, 0.15) is 25.3 Å². The minimum atomic E-state index is -3.34. The molecule has 1 aromatic rings. The van der Waals surface area contributed by atoms with Gasteiger partial charge in [0.1, 0.15) is 0 Å². The molecular formula is C13H20N2O3S.